The zero-order valence-corrected chi connectivity index (χ0v) is 10.7. The number of fused-ring (bicyclic) bond motifs is 1. The van der Waals surface area contributed by atoms with Crippen molar-refractivity contribution in [3.63, 3.8) is 0 Å². The van der Waals surface area contributed by atoms with Crippen LogP contribution in [0, 0.1) is 17.8 Å². The molecule has 96 valence electrons. The number of nitrogen functional groups attached to an aromatic ring is 1. The van der Waals surface area contributed by atoms with E-state index in [2.05, 4.69) is 5.32 Å². The van der Waals surface area contributed by atoms with Gasteiger partial charge in [0.25, 0.3) is 0 Å². The Bertz CT molecular complexity index is 461. The number of para-hydroxylation sites is 1. The van der Waals surface area contributed by atoms with Gasteiger partial charge in [0.1, 0.15) is 0 Å². The second-order valence-corrected chi connectivity index (χ2v) is 5.64. The molecule has 0 aromatic heterocycles. The molecule has 1 aromatic carbocycles. The minimum absolute atomic E-state index is 0.0000246. The predicted molar refractivity (Wildman–Crippen MR) is 71.7 cm³/mol. The summed E-state index contributed by atoms with van der Waals surface area (Å²) in [5.41, 5.74) is 7.69. The van der Waals surface area contributed by atoms with E-state index < -0.39 is 0 Å². The van der Waals surface area contributed by atoms with Crippen molar-refractivity contribution in [2.24, 2.45) is 17.8 Å². The molecular formula is C15H20N2O. The van der Waals surface area contributed by atoms with Gasteiger partial charge in [-0.05, 0) is 43.2 Å². The van der Waals surface area contributed by atoms with E-state index in [0.717, 1.165) is 11.3 Å². The molecule has 0 radical (unpaired) electrons. The molecule has 2 fully saturated rings. The summed E-state index contributed by atoms with van der Waals surface area (Å²) in [6.45, 7) is 2.00. The summed E-state index contributed by atoms with van der Waals surface area (Å²) in [5.74, 6) is 1.85. The van der Waals surface area contributed by atoms with Crippen LogP contribution >= 0.6 is 0 Å². The number of nitrogens with two attached hydrogens (primary N) is 1. The number of hydrogen-bond donors (Lipinski definition) is 2. The molecule has 2 saturated carbocycles. The lowest BCUT2D eigenvalue weighted by molar-refractivity contribution is -0.123. The highest BCUT2D eigenvalue weighted by atomic mass is 16.2. The third kappa shape index (κ3) is 1.88. The van der Waals surface area contributed by atoms with Gasteiger partial charge in [0.15, 0.2) is 0 Å². The maximum absolute atomic E-state index is 12.2. The summed E-state index contributed by atoms with van der Waals surface area (Å²) in [6.07, 6.45) is 3.79. The predicted octanol–water partition coefficient (Wildman–Crippen LogP) is 2.49. The smallest absolute Gasteiger partial charge is 0.224 e. The first-order valence-electron chi connectivity index (χ1n) is 6.83. The summed E-state index contributed by atoms with van der Waals surface area (Å²) >= 11 is 0. The van der Waals surface area contributed by atoms with E-state index in [0.29, 0.717) is 11.8 Å². The summed E-state index contributed by atoms with van der Waals surface area (Å²) in [6, 6.07) is 7.73. The Morgan fingerprint density at radius 2 is 2.00 bits per heavy atom. The molecule has 3 atom stereocenters. The quantitative estimate of drug-likeness (QED) is 0.803. The maximum atomic E-state index is 12.2. The summed E-state index contributed by atoms with van der Waals surface area (Å²) in [5, 5.41) is 3.11. The standard InChI is InChI=1S/C15H20N2O/c1-9(10-5-2-3-8-13(10)16)17-15(18)14-11-6-4-7-12(11)14/h2-3,5,8-9,11-12,14H,4,6-7,16H2,1H3,(H,17,18). The van der Waals surface area contributed by atoms with E-state index in [-0.39, 0.29) is 17.9 Å². The fraction of sp³-hybridized carbons (Fsp3) is 0.533. The van der Waals surface area contributed by atoms with Crippen LogP contribution in [0.1, 0.15) is 37.8 Å². The number of amides is 1. The average Bonchev–Trinajstić information content (AvgIpc) is 2.84. The van der Waals surface area contributed by atoms with Gasteiger partial charge in [0.05, 0.1) is 6.04 Å². The largest absolute Gasteiger partial charge is 0.398 e. The van der Waals surface area contributed by atoms with Crippen molar-refractivity contribution in [3.05, 3.63) is 29.8 Å². The third-order valence-corrected chi connectivity index (χ3v) is 4.53. The van der Waals surface area contributed by atoms with Crippen molar-refractivity contribution < 1.29 is 4.79 Å². The molecule has 3 heteroatoms. The van der Waals surface area contributed by atoms with Crippen LogP contribution in [0.4, 0.5) is 5.69 Å². The van der Waals surface area contributed by atoms with E-state index in [1.54, 1.807) is 0 Å². The van der Waals surface area contributed by atoms with Gasteiger partial charge < -0.3 is 11.1 Å². The van der Waals surface area contributed by atoms with Crippen molar-refractivity contribution in [1.82, 2.24) is 5.32 Å². The molecule has 0 aliphatic heterocycles. The van der Waals surface area contributed by atoms with Crippen LogP contribution in [-0.2, 0) is 4.79 Å². The van der Waals surface area contributed by atoms with E-state index in [1.165, 1.54) is 19.3 Å². The Morgan fingerprint density at radius 1 is 1.33 bits per heavy atom. The Hall–Kier alpha value is -1.51. The second kappa shape index (κ2) is 4.30. The number of nitrogens with one attached hydrogen (secondary N) is 1. The second-order valence-electron chi connectivity index (χ2n) is 5.64. The molecule has 1 aromatic rings. The normalized spacial score (nSPS) is 30.6. The van der Waals surface area contributed by atoms with Crippen molar-refractivity contribution in [2.45, 2.75) is 32.2 Å². The van der Waals surface area contributed by atoms with Crippen LogP contribution in [0.25, 0.3) is 0 Å². The highest BCUT2D eigenvalue weighted by molar-refractivity contribution is 5.83. The molecule has 3 nitrogen and oxygen atoms in total. The van der Waals surface area contributed by atoms with Crippen molar-refractivity contribution in [1.29, 1.82) is 0 Å². The lowest BCUT2D eigenvalue weighted by Gasteiger charge is -2.16. The van der Waals surface area contributed by atoms with Gasteiger partial charge in [-0.15, -0.1) is 0 Å². The minimum Gasteiger partial charge on any atom is -0.398 e. The van der Waals surface area contributed by atoms with Gasteiger partial charge in [0, 0.05) is 11.6 Å². The summed E-state index contributed by atoms with van der Waals surface area (Å²) in [7, 11) is 0. The molecule has 0 bridgehead atoms. The number of hydrogen-bond acceptors (Lipinski definition) is 2. The lowest BCUT2D eigenvalue weighted by atomic mass is 10.1. The molecule has 0 saturated heterocycles. The van der Waals surface area contributed by atoms with Crippen LogP contribution in [0.3, 0.4) is 0 Å². The van der Waals surface area contributed by atoms with E-state index in [4.69, 9.17) is 5.73 Å². The minimum atomic E-state index is 0.0000246. The average molecular weight is 244 g/mol. The maximum Gasteiger partial charge on any atom is 0.224 e. The molecule has 2 aliphatic rings. The van der Waals surface area contributed by atoms with Crippen molar-refractivity contribution in [2.75, 3.05) is 5.73 Å². The van der Waals surface area contributed by atoms with E-state index in [9.17, 15) is 4.79 Å². The summed E-state index contributed by atoms with van der Waals surface area (Å²) < 4.78 is 0. The highest BCUT2D eigenvalue weighted by Gasteiger charge is 2.56. The van der Waals surface area contributed by atoms with E-state index in [1.807, 2.05) is 31.2 Å². The zero-order chi connectivity index (χ0) is 12.7. The number of carbonyl (C=O) groups is 1. The van der Waals surface area contributed by atoms with Crippen LogP contribution in [0.2, 0.25) is 0 Å². The first kappa shape index (κ1) is 11.6. The fourth-order valence-corrected chi connectivity index (χ4v) is 3.50. The van der Waals surface area contributed by atoms with Gasteiger partial charge in [-0.2, -0.15) is 0 Å². The van der Waals surface area contributed by atoms with Crippen LogP contribution in [0.15, 0.2) is 24.3 Å². The first-order valence-corrected chi connectivity index (χ1v) is 6.83. The van der Waals surface area contributed by atoms with Crippen LogP contribution in [-0.4, -0.2) is 5.91 Å². The SMILES string of the molecule is CC(NC(=O)C1C2CCCC21)c1ccccc1N. The fourth-order valence-electron chi connectivity index (χ4n) is 3.50. The van der Waals surface area contributed by atoms with Gasteiger partial charge in [-0.3, -0.25) is 4.79 Å². The number of carbonyl (C=O) groups excluding carboxylic acids is 1. The highest BCUT2D eigenvalue weighted by Crippen LogP contribution is 2.57. The molecule has 0 heterocycles. The molecule has 2 aliphatic carbocycles. The van der Waals surface area contributed by atoms with E-state index >= 15 is 0 Å². The third-order valence-electron chi connectivity index (χ3n) is 4.53. The zero-order valence-electron chi connectivity index (χ0n) is 10.7. The number of rotatable bonds is 3. The number of anilines is 1. The van der Waals surface area contributed by atoms with Crippen molar-refractivity contribution >= 4 is 11.6 Å². The van der Waals surface area contributed by atoms with Gasteiger partial charge in [0.2, 0.25) is 5.91 Å². The first-order chi connectivity index (χ1) is 8.68. The number of benzene rings is 1. The van der Waals surface area contributed by atoms with Gasteiger partial charge in [-0.25, -0.2) is 0 Å². The molecule has 0 spiro atoms. The lowest BCUT2D eigenvalue weighted by Crippen LogP contribution is -2.29. The van der Waals surface area contributed by atoms with Crippen molar-refractivity contribution in [3.8, 4) is 0 Å². The molecule has 3 N–H and O–H groups in total. The monoisotopic (exact) mass is 244 g/mol. The molecule has 3 rings (SSSR count). The van der Waals surface area contributed by atoms with Crippen LogP contribution in [0.5, 0.6) is 0 Å². The topological polar surface area (TPSA) is 55.1 Å². The van der Waals surface area contributed by atoms with Gasteiger partial charge >= 0.3 is 0 Å². The molecule has 18 heavy (non-hydrogen) atoms. The molecule has 1 amide bonds. The Balaban J connectivity index is 1.63. The summed E-state index contributed by atoms with van der Waals surface area (Å²) in [4.78, 5) is 12.2. The van der Waals surface area contributed by atoms with Gasteiger partial charge in [-0.1, -0.05) is 24.6 Å². The Kier molecular flexibility index (Phi) is 2.77. The molecule has 3 unspecified atom stereocenters. The van der Waals surface area contributed by atoms with Crippen LogP contribution < -0.4 is 11.1 Å². The Labute approximate surface area is 108 Å². The molecular weight excluding hydrogens is 224 g/mol. The Morgan fingerprint density at radius 3 is 2.67 bits per heavy atom.